The number of pyridine rings is 1. The fourth-order valence-corrected chi connectivity index (χ4v) is 2.64. The first-order valence-electron chi connectivity index (χ1n) is 6.60. The van der Waals surface area contributed by atoms with Gasteiger partial charge in [-0.1, -0.05) is 18.3 Å². The van der Waals surface area contributed by atoms with E-state index in [2.05, 4.69) is 10.3 Å². The van der Waals surface area contributed by atoms with Gasteiger partial charge >= 0.3 is 0 Å². The average Bonchev–Trinajstić information content (AvgIpc) is 2.90. The predicted octanol–water partition coefficient (Wildman–Crippen LogP) is 3.23. The molecule has 0 unspecified atom stereocenters. The zero-order valence-electron chi connectivity index (χ0n) is 11.1. The fraction of sp³-hybridized carbons (Fsp3) is 0.200. The lowest BCUT2D eigenvalue weighted by Gasteiger charge is -2.13. The molecule has 0 spiro atoms. The van der Waals surface area contributed by atoms with E-state index in [0.29, 0.717) is 11.4 Å². The monoisotopic (exact) mass is 305 g/mol. The Kier molecular flexibility index (Phi) is 3.55. The SMILES string of the molecule is NC(=S)c1cc2c(nc1Nc1cccc(F)c1F)CCC2. The third-order valence-corrected chi connectivity index (χ3v) is 3.74. The molecule has 3 nitrogen and oxygen atoms in total. The van der Waals surface area contributed by atoms with Crippen LogP contribution in [0.3, 0.4) is 0 Å². The van der Waals surface area contributed by atoms with E-state index < -0.39 is 11.6 Å². The van der Waals surface area contributed by atoms with E-state index in [9.17, 15) is 8.78 Å². The van der Waals surface area contributed by atoms with Crippen LogP contribution in [0, 0.1) is 11.6 Å². The molecule has 0 fully saturated rings. The Morgan fingerprint density at radius 1 is 1.29 bits per heavy atom. The van der Waals surface area contributed by atoms with Gasteiger partial charge in [0.05, 0.1) is 11.3 Å². The smallest absolute Gasteiger partial charge is 0.182 e. The molecule has 1 aliphatic rings. The number of halogens is 2. The number of hydrogen-bond donors (Lipinski definition) is 2. The Morgan fingerprint density at radius 3 is 2.86 bits per heavy atom. The van der Waals surface area contributed by atoms with Crippen molar-refractivity contribution < 1.29 is 8.78 Å². The summed E-state index contributed by atoms with van der Waals surface area (Å²) in [4.78, 5) is 4.65. The minimum Gasteiger partial charge on any atom is -0.389 e. The molecular formula is C15H13F2N3S. The molecule has 1 aromatic carbocycles. The minimum absolute atomic E-state index is 0.0120. The van der Waals surface area contributed by atoms with Crippen molar-refractivity contribution in [2.75, 3.05) is 5.32 Å². The van der Waals surface area contributed by atoms with Crippen molar-refractivity contribution in [2.45, 2.75) is 19.3 Å². The number of nitrogens with zero attached hydrogens (tertiary/aromatic N) is 1. The highest BCUT2D eigenvalue weighted by atomic mass is 32.1. The van der Waals surface area contributed by atoms with E-state index in [-0.39, 0.29) is 10.7 Å². The van der Waals surface area contributed by atoms with Crippen molar-refractivity contribution in [2.24, 2.45) is 5.73 Å². The van der Waals surface area contributed by atoms with Gasteiger partial charge in [-0.15, -0.1) is 0 Å². The number of nitrogens with two attached hydrogens (primary N) is 1. The van der Waals surface area contributed by atoms with Crippen molar-refractivity contribution in [1.29, 1.82) is 0 Å². The van der Waals surface area contributed by atoms with Crippen molar-refractivity contribution in [3.63, 3.8) is 0 Å². The zero-order chi connectivity index (χ0) is 15.0. The van der Waals surface area contributed by atoms with E-state index in [1.807, 2.05) is 6.07 Å². The lowest BCUT2D eigenvalue weighted by molar-refractivity contribution is 0.511. The van der Waals surface area contributed by atoms with Gasteiger partial charge < -0.3 is 11.1 Å². The molecule has 0 saturated heterocycles. The van der Waals surface area contributed by atoms with E-state index in [4.69, 9.17) is 18.0 Å². The van der Waals surface area contributed by atoms with Crippen LogP contribution in [0.15, 0.2) is 24.3 Å². The highest BCUT2D eigenvalue weighted by Crippen LogP contribution is 2.28. The summed E-state index contributed by atoms with van der Waals surface area (Å²) < 4.78 is 27.0. The molecule has 1 aliphatic carbocycles. The van der Waals surface area contributed by atoms with Crippen molar-refractivity contribution in [3.8, 4) is 0 Å². The third-order valence-electron chi connectivity index (χ3n) is 3.52. The molecule has 3 N–H and O–H groups in total. The topological polar surface area (TPSA) is 50.9 Å². The Balaban J connectivity index is 2.05. The Bertz CT molecular complexity index is 731. The van der Waals surface area contributed by atoms with Gasteiger partial charge in [0, 0.05) is 5.69 Å². The van der Waals surface area contributed by atoms with Crippen LogP contribution in [0.5, 0.6) is 0 Å². The molecule has 0 bridgehead atoms. The Morgan fingerprint density at radius 2 is 2.10 bits per heavy atom. The summed E-state index contributed by atoms with van der Waals surface area (Å²) in [6.07, 6.45) is 2.83. The van der Waals surface area contributed by atoms with Crippen LogP contribution in [0.2, 0.25) is 0 Å². The molecule has 1 aromatic heterocycles. The molecule has 0 aliphatic heterocycles. The number of fused-ring (bicyclic) bond motifs is 1. The summed E-state index contributed by atoms with van der Waals surface area (Å²) in [5, 5.41) is 2.80. The largest absolute Gasteiger partial charge is 0.389 e. The Labute approximate surface area is 126 Å². The van der Waals surface area contributed by atoms with Crippen LogP contribution in [-0.2, 0) is 12.8 Å². The van der Waals surface area contributed by atoms with Gasteiger partial charge in [0.15, 0.2) is 11.6 Å². The number of aryl methyl sites for hydroxylation is 2. The predicted molar refractivity (Wildman–Crippen MR) is 81.8 cm³/mol. The van der Waals surface area contributed by atoms with Crippen LogP contribution in [0.1, 0.15) is 23.2 Å². The molecule has 21 heavy (non-hydrogen) atoms. The quantitative estimate of drug-likeness (QED) is 0.855. The fourth-order valence-electron chi connectivity index (χ4n) is 2.48. The van der Waals surface area contributed by atoms with Crippen LogP contribution in [-0.4, -0.2) is 9.97 Å². The summed E-state index contributed by atoms with van der Waals surface area (Å²) in [6, 6.07) is 5.81. The van der Waals surface area contributed by atoms with Gasteiger partial charge in [-0.05, 0) is 43.0 Å². The number of aromatic nitrogens is 1. The molecule has 0 radical (unpaired) electrons. The third kappa shape index (κ3) is 2.58. The van der Waals surface area contributed by atoms with Crippen LogP contribution in [0.25, 0.3) is 0 Å². The second-order valence-electron chi connectivity index (χ2n) is 4.93. The number of hydrogen-bond acceptors (Lipinski definition) is 3. The molecule has 6 heteroatoms. The van der Waals surface area contributed by atoms with Gasteiger partial charge in [-0.3, -0.25) is 0 Å². The number of thiocarbonyl (C=S) groups is 1. The second-order valence-corrected chi connectivity index (χ2v) is 5.37. The first-order valence-corrected chi connectivity index (χ1v) is 7.00. The van der Waals surface area contributed by atoms with E-state index in [1.54, 1.807) is 0 Å². The van der Waals surface area contributed by atoms with Gasteiger partial charge in [0.2, 0.25) is 0 Å². The summed E-state index contributed by atoms with van der Waals surface area (Å²) in [7, 11) is 0. The molecule has 3 rings (SSSR count). The van der Waals surface area contributed by atoms with Gasteiger partial charge in [-0.25, -0.2) is 13.8 Å². The first kappa shape index (κ1) is 13.9. The maximum absolute atomic E-state index is 13.8. The van der Waals surface area contributed by atoms with E-state index >= 15 is 0 Å². The van der Waals surface area contributed by atoms with Crippen molar-refractivity contribution >= 4 is 28.7 Å². The zero-order valence-corrected chi connectivity index (χ0v) is 11.9. The number of nitrogens with one attached hydrogen (secondary N) is 1. The minimum atomic E-state index is -0.950. The highest BCUT2D eigenvalue weighted by Gasteiger charge is 2.19. The maximum Gasteiger partial charge on any atom is 0.182 e. The van der Waals surface area contributed by atoms with E-state index in [0.717, 1.165) is 36.6 Å². The average molecular weight is 305 g/mol. The highest BCUT2D eigenvalue weighted by molar-refractivity contribution is 7.80. The lowest BCUT2D eigenvalue weighted by atomic mass is 10.1. The summed E-state index contributed by atoms with van der Waals surface area (Å²) in [5.74, 6) is -1.50. The van der Waals surface area contributed by atoms with Gasteiger partial charge in [0.1, 0.15) is 10.8 Å². The molecule has 2 aromatic rings. The van der Waals surface area contributed by atoms with Crippen LogP contribution >= 0.6 is 12.2 Å². The van der Waals surface area contributed by atoms with Crippen LogP contribution < -0.4 is 11.1 Å². The molecule has 0 saturated carbocycles. The van der Waals surface area contributed by atoms with E-state index in [1.165, 1.54) is 12.1 Å². The molecule has 0 atom stereocenters. The Hall–Kier alpha value is -2.08. The first-order chi connectivity index (χ1) is 10.1. The summed E-state index contributed by atoms with van der Waals surface area (Å²) in [5.41, 5.74) is 8.34. The maximum atomic E-state index is 13.8. The second kappa shape index (κ2) is 5.37. The summed E-state index contributed by atoms with van der Waals surface area (Å²) in [6.45, 7) is 0. The van der Waals surface area contributed by atoms with Crippen LogP contribution in [0.4, 0.5) is 20.3 Å². The number of anilines is 2. The molecule has 1 heterocycles. The van der Waals surface area contributed by atoms with Crippen molar-refractivity contribution in [3.05, 3.63) is 52.7 Å². The molecule has 0 amide bonds. The van der Waals surface area contributed by atoms with Crippen molar-refractivity contribution in [1.82, 2.24) is 4.98 Å². The number of rotatable bonds is 3. The summed E-state index contributed by atoms with van der Waals surface area (Å²) >= 11 is 5.03. The molecule has 108 valence electrons. The normalized spacial score (nSPS) is 13.0. The van der Waals surface area contributed by atoms with Gasteiger partial charge in [-0.2, -0.15) is 0 Å². The lowest BCUT2D eigenvalue weighted by Crippen LogP contribution is -2.14. The number of benzene rings is 1. The molecular weight excluding hydrogens is 292 g/mol. The standard InChI is InChI=1S/C15H13F2N3S/c16-10-4-2-6-12(13(10)17)20-15-9(14(18)21)7-8-3-1-5-11(8)19-15/h2,4,6-7H,1,3,5H2,(H2,18,21)(H,19,20). The van der Waals surface area contributed by atoms with Gasteiger partial charge in [0.25, 0.3) is 0 Å².